The standard InChI is InChI=1S/C15H9Cl2FN2OS/c1-7-13(11-4-5-12(17)22-11)14(15(21)20-19-7)9-3-2-8(18)6-10(9)16/h2-6H,1H3,(H,20,21). The van der Waals surface area contributed by atoms with Crippen molar-refractivity contribution in [3.8, 4) is 21.6 Å². The molecule has 0 bridgehead atoms. The molecule has 0 saturated heterocycles. The number of nitrogens with one attached hydrogen (secondary N) is 1. The van der Waals surface area contributed by atoms with Crippen LogP contribution < -0.4 is 5.56 Å². The molecule has 0 radical (unpaired) electrons. The Morgan fingerprint density at radius 3 is 2.59 bits per heavy atom. The van der Waals surface area contributed by atoms with Gasteiger partial charge in [0.1, 0.15) is 5.82 Å². The van der Waals surface area contributed by atoms with E-state index in [0.29, 0.717) is 26.7 Å². The second-order valence-corrected chi connectivity index (χ2v) is 6.74. The summed E-state index contributed by atoms with van der Waals surface area (Å²) in [5.41, 5.74) is 1.70. The van der Waals surface area contributed by atoms with Crippen LogP contribution in [0.1, 0.15) is 5.69 Å². The van der Waals surface area contributed by atoms with Gasteiger partial charge in [-0.2, -0.15) is 5.10 Å². The summed E-state index contributed by atoms with van der Waals surface area (Å²) in [7, 11) is 0. The number of H-pyrrole nitrogens is 1. The van der Waals surface area contributed by atoms with Crippen molar-refractivity contribution in [2.24, 2.45) is 0 Å². The molecule has 0 saturated carbocycles. The Labute approximate surface area is 139 Å². The largest absolute Gasteiger partial charge is 0.272 e. The minimum atomic E-state index is -0.461. The van der Waals surface area contributed by atoms with Crippen molar-refractivity contribution in [1.82, 2.24) is 10.2 Å². The summed E-state index contributed by atoms with van der Waals surface area (Å²) >= 11 is 13.4. The Hall–Kier alpha value is -1.69. The molecule has 0 aliphatic rings. The molecule has 0 aliphatic heterocycles. The second-order valence-electron chi connectivity index (χ2n) is 4.62. The summed E-state index contributed by atoms with van der Waals surface area (Å²) in [5.74, 6) is -0.461. The molecule has 3 nitrogen and oxygen atoms in total. The van der Waals surface area contributed by atoms with E-state index in [1.165, 1.54) is 29.5 Å². The fourth-order valence-corrected chi connectivity index (χ4v) is 3.65. The van der Waals surface area contributed by atoms with E-state index in [1.54, 1.807) is 13.0 Å². The lowest BCUT2D eigenvalue weighted by Gasteiger charge is -2.11. The molecule has 7 heteroatoms. The van der Waals surface area contributed by atoms with Gasteiger partial charge in [0.15, 0.2) is 0 Å². The fourth-order valence-electron chi connectivity index (χ4n) is 2.24. The van der Waals surface area contributed by atoms with Crippen LogP contribution >= 0.6 is 34.5 Å². The van der Waals surface area contributed by atoms with Crippen molar-refractivity contribution in [3.63, 3.8) is 0 Å². The Morgan fingerprint density at radius 2 is 1.95 bits per heavy atom. The van der Waals surface area contributed by atoms with Crippen LogP contribution in [0.4, 0.5) is 4.39 Å². The van der Waals surface area contributed by atoms with Gasteiger partial charge in [-0.15, -0.1) is 11.3 Å². The molecule has 22 heavy (non-hydrogen) atoms. The highest BCUT2D eigenvalue weighted by molar-refractivity contribution is 7.19. The third-order valence-corrected chi connectivity index (χ3v) is 4.75. The summed E-state index contributed by atoms with van der Waals surface area (Å²) in [6.07, 6.45) is 0. The van der Waals surface area contributed by atoms with Gasteiger partial charge in [-0.3, -0.25) is 4.79 Å². The quantitative estimate of drug-likeness (QED) is 0.709. The van der Waals surface area contributed by atoms with E-state index in [1.807, 2.05) is 6.07 Å². The molecule has 2 aromatic heterocycles. The first-order chi connectivity index (χ1) is 10.5. The van der Waals surface area contributed by atoms with Gasteiger partial charge in [0.25, 0.3) is 5.56 Å². The van der Waals surface area contributed by atoms with Crippen LogP contribution in [0.2, 0.25) is 9.36 Å². The van der Waals surface area contributed by atoms with Crippen molar-refractivity contribution in [2.75, 3.05) is 0 Å². The molecular formula is C15H9Cl2FN2OS. The van der Waals surface area contributed by atoms with Gasteiger partial charge < -0.3 is 0 Å². The molecule has 3 aromatic rings. The summed E-state index contributed by atoms with van der Waals surface area (Å²) in [5, 5.41) is 6.61. The molecule has 1 aromatic carbocycles. The number of thiophene rings is 1. The number of hydrogen-bond donors (Lipinski definition) is 1. The summed E-state index contributed by atoms with van der Waals surface area (Å²) < 4.78 is 13.9. The van der Waals surface area contributed by atoms with Crippen molar-refractivity contribution < 1.29 is 4.39 Å². The van der Waals surface area contributed by atoms with Crippen LogP contribution in [0.15, 0.2) is 35.1 Å². The number of halogens is 3. The lowest BCUT2D eigenvalue weighted by molar-refractivity contribution is 0.628. The summed E-state index contributed by atoms with van der Waals surface area (Å²) in [6, 6.07) is 7.49. The maximum Gasteiger partial charge on any atom is 0.272 e. The summed E-state index contributed by atoms with van der Waals surface area (Å²) in [6.45, 7) is 1.78. The van der Waals surface area contributed by atoms with Crippen molar-refractivity contribution in [2.45, 2.75) is 6.92 Å². The minimum Gasteiger partial charge on any atom is -0.267 e. The maximum atomic E-state index is 13.3. The van der Waals surface area contributed by atoms with Crippen LogP contribution in [0.3, 0.4) is 0 Å². The molecule has 0 aliphatic carbocycles. The van der Waals surface area contributed by atoms with Crippen LogP contribution in [-0.2, 0) is 0 Å². The molecule has 1 N–H and O–H groups in total. The van der Waals surface area contributed by atoms with Crippen molar-refractivity contribution in [3.05, 3.63) is 61.6 Å². The molecule has 0 spiro atoms. The molecule has 0 unspecified atom stereocenters. The van der Waals surface area contributed by atoms with Crippen LogP contribution in [-0.4, -0.2) is 10.2 Å². The van der Waals surface area contributed by atoms with Crippen LogP contribution in [0.25, 0.3) is 21.6 Å². The zero-order valence-corrected chi connectivity index (χ0v) is 13.6. The van der Waals surface area contributed by atoms with Gasteiger partial charge >= 0.3 is 0 Å². The smallest absolute Gasteiger partial charge is 0.267 e. The molecule has 0 fully saturated rings. The van der Waals surface area contributed by atoms with Crippen molar-refractivity contribution >= 4 is 34.5 Å². The average molecular weight is 355 g/mol. The highest BCUT2D eigenvalue weighted by atomic mass is 35.5. The first kappa shape index (κ1) is 15.2. The topological polar surface area (TPSA) is 45.8 Å². The van der Waals surface area contributed by atoms with Gasteiger partial charge in [-0.1, -0.05) is 23.2 Å². The first-order valence-electron chi connectivity index (χ1n) is 6.28. The van der Waals surface area contributed by atoms with Crippen molar-refractivity contribution in [1.29, 1.82) is 0 Å². The third kappa shape index (κ3) is 2.67. The average Bonchev–Trinajstić information content (AvgIpc) is 2.88. The lowest BCUT2D eigenvalue weighted by atomic mass is 9.99. The Kier molecular flexibility index (Phi) is 4.04. The molecule has 2 heterocycles. The Balaban J connectivity index is 2.36. The zero-order chi connectivity index (χ0) is 15.9. The van der Waals surface area contributed by atoms with E-state index in [4.69, 9.17) is 23.2 Å². The number of nitrogens with zero attached hydrogens (tertiary/aromatic N) is 1. The lowest BCUT2D eigenvalue weighted by Crippen LogP contribution is -2.14. The predicted octanol–water partition coefficient (Wildman–Crippen LogP) is 4.92. The fraction of sp³-hybridized carbons (Fsp3) is 0.0667. The Morgan fingerprint density at radius 1 is 1.18 bits per heavy atom. The van der Waals surface area contributed by atoms with E-state index in [9.17, 15) is 9.18 Å². The molecular weight excluding hydrogens is 346 g/mol. The summed E-state index contributed by atoms with van der Waals surface area (Å²) in [4.78, 5) is 13.1. The van der Waals surface area contributed by atoms with Crippen LogP contribution in [0, 0.1) is 12.7 Å². The zero-order valence-electron chi connectivity index (χ0n) is 11.3. The number of aromatic amines is 1. The number of hydrogen-bond acceptors (Lipinski definition) is 3. The molecule has 0 amide bonds. The van der Waals surface area contributed by atoms with E-state index in [0.717, 1.165) is 4.88 Å². The highest BCUT2D eigenvalue weighted by Crippen LogP contribution is 2.39. The van der Waals surface area contributed by atoms with Gasteiger partial charge in [0.2, 0.25) is 0 Å². The van der Waals surface area contributed by atoms with E-state index < -0.39 is 11.4 Å². The molecule has 0 atom stereocenters. The monoisotopic (exact) mass is 354 g/mol. The van der Waals surface area contributed by atoms with Gasteiger partial charge in [-0.05, 0) is 37.3 Å². The van der Waals surface area contributed by atoms with Gasteiger partial charge in [0.05, 0.1) is 20.6 Å². The number of rotatable bonds is 2. The first-order valence-corrected chi connectivity index (χ1v) is 7.85. The van der Waals surface area contributed by atoms with Gasteiger partial charge in [-0.25, -0.2) is 9.49 Å². The number of aryl methyl sites for hydroxylation is 1. The third-order valence-electron chi connectivity index (χ3n) is 3.18. The normalized spacial score (nSPS) is 10.9. The minimum absolute atomic E-state index is 0.167. The van der Waals surface area contributed by atoms with E-state index in [-0.39, 0.29) is 5.02 Å². The number of benzene rings is 1. The molecule has 112 valence electrons. The number of aromatic nitrogens is 2. The van der Waals surface area contributed by atoms with Gasteiger partial charge in [0, 0.05) is 16.0 Å². The Bertz CT molecular complexity index is 920. The SMILES string of the molecule is Cc1n[nH]c(=O)c(-c2ccc(F)cc2Cl)c1-c1ccc(Cl)s1. The second kappa shape index (κ2) is 5.83. The highest BCUT2D eigenvalue weighted by Gasteiger charge is 2.19. The van der Waals surface area contributed by atoms with E-state index >= 15 is 0 Å². The maximum absolute atomic E-state index is 13.3. The predicted molar refractivity (Wildman–Crippen MR) is 88.3 cm³/mol. The van der Waals surface area contributed by atoms with E-state index in [2.05, 4.69) is 10.2 Å². The van der Waals surface area contributed by atoms with Crippen LogP contribution in [0.5, 0.6) is 0 Å². The molecule has 3 rings (SSSR count).